The Hall–Kier alpha value is -1.14. The van der Waals surface area contributed by atoms with E-state index in [9.17, 15) is 9.59 Å². The maximum Gasteiger partial charge on any atom is 0.322 e. The van der Waals surface area contributed by atoms with Crippen LogP contribution in [0, 0.1) is 0 Å². The van der Waals surface area contributed by atoms with Gasteiger partial charge in [-0.2, -0.15) is 0 Å². The number of amides is 3. The van der Waals surface area contributed by atoms with E-state index < -0.39 is 17.4 Å². The van der Waals surface area contributed by atoms with Gasteiger partial charge in [-0.25, -0.2) is 4.79 Å². The average Bonchev–Trinajstić information content (AvgIpc) is 2.75. The summed E-state index contributed by atoms with van der Waals surface area (Å²) in [7, 11) is 0. The van der Waals surface area contributed by atoms with Crippen LogP contribution in [0.4, 0.5) is 4.79 Å². The van der Waals surface area contributed by atoms with Crippen molar-refractivity contribution in [3.05, 3.63) is 0 Å². The molecule has 2 heterocycles. The average molecular weight is 226 g/mol. The van der Waals surface area contributed by atoms with Crippen LogP contribution in [0.3, 0.4) is 0 Å². The lowest BCUT2D eigenvalue weighted by Crippen LogP contribution is -2.56. The van der Waals surface area contributed by atoms with Crippen LogP contribution in [0.1, 0.15) is 25.7 Å². The molecule has 2 N–H and O–H groups in total. The summed E-state index contributed by atoms with van der Waals surface area (Å²) >= 11 is 0. The molecule has 16 heavy (non-hydrogen) atoms. The summed E-state index contributed by atoms with van der Waals surface area (Å²) in [5.41, 5.74) is -0.820. The van der Waals surface area contributed by atoms with E-state index in [2.05, 4.69) is 10.6 Å². The summed E-state index contributed by atoms with van der Waals surface area (Å²) in [6, 6.07) is -0.417. The van der Waals surface area contributed by atoms with Gasteiger partial charge < -0.3 is 14.8 Å². The molecule has 3 fully saturated rings. The Balaban J connectivity index is 1.86. The fraction of sp³-hybridized carbons (Fsp3) is 0.800. The fourth-order valence-electron chi connectivity index (χ4n) is 2.87. The van der Waals surface area contributed by atoms with Crippen molar-refractivity contribution in [2.45, 2.75) is 37.0 Å². The van der Waals surface area contributed by atoms with Crippen LogP contribution < -0.4 is 10.6 Å². The molecule has 0 aromatic rings. The second-order valence-corrected chi connectivity index (χ2v) is 4.63. The van der Waals surface area contributed by atoms with E-state index in [0.29, 0.717) is 26.1 Å². The molecule has 0 aromatic heterocycles. The zero-order valence-electron chi connectivity index (χ0n) is 8.88. The summed E-state index contributed by atoms with van der Waals surface area (Å²) in [6.07, 6.45) is 2.67. The van der Waals surface area contributed by atoms with Gasteiger partial charge in [0, 0.05) is 12.8 Å². The van der Waals surface area contributed by atoms with Gasteiger partial charge in [0.25, 0.3) is 5.91 Å². The van der Waals surface area contributed by atoms with E-state index in [1.54, 1.807) is 0 Å². The molecule has 2 aliphatic heterocycles. The van der Waals surface area contributed by atoms with Crippen LogP contribution in [0.15, 0.2) is 0 Å². The fourth-order valence-corrected chi connectivity index (χ4v) is 2.87. The molecule has 3 aliphatic rings. The largest absolute Gasteiger partial charge is 0.347 e. The van der Waals surface area contributed by atoms with Gasteiger partial charge in [-0.05, 0) is 12.8 Å². The standard InChI is InChI=1S/C10H14N2O4/c13-7-9(12-8(14)11-7)2-1-3-10(6-9)15-4-5-16-10/h1-6H2,(H2,11,12,13,14). The van der Waals surface area contributed by atoms with Crippen molar-refractivity contribution in [3.8, 4) is 0 Å². The number of rotatable bonds is 0. The molecule has 2 saturated heterocycles. The first-order valence-electron chi connectivity index (χ1n) is 5.56. The number of carbonyl (C=O) groups is 2. The van der Waals surface area contributed by atoms with Crippen LogP contribution in [-0.4, -0.2) is 36.5 Å². The summed E-state index contributed by atoms with van der Waals surface area (Å²) in [6.45, 7) is 1.12. The monoisotopic (exact) mass is 226 g/mol. The van der Waals surface area contributed by atoms with Crippen molar-refractivity contribution in [3.63, 3.8) is 0 Å². The van der Waals surface area contributed by atoms with Crippen LogP contribution in [-0.2, 0) is 14.3 Å². The third-order valence-electron chi connectivity index (χ3n) is 3.56. The summed E-state index contributed by atoms with van der Waals surface area (Å²) in [4.78, 5) is 23.0. The molecule has 1 atom stereocenters. The maximum absolute atomic E-state index is 11.8. The molecular formula is C10H14N2O4. The van der Waals surface area contributed by atoms with E-state index >= 15 is 0 Å². The van der Waals surface area contributed by atoms with Crippen molar-refractivity contribution in [2.24, 2.45) is 0 Å². The first kappa shape index (κ1) is 10.0. The molecule has 2 spiro atoms. The lowest BCUT2D eigenvalue weighted by atomic mass is 9.78. The van der Waals surface area contributed by atoms with Gasteiger partial charge >= 0.3 is 6.03 Å². The van der Waals surface area contributed by atoms with Gasteiger partial charge in [-0.15, -0.1) is 0 Å². The summed E-state index contributed by atoms with van der Waals surface area (Å²) < 4.78 is 11.2. The molecule has 3 amide bonds. The Morgan fingerprint density at radius 3 is 2.50 bits per heavy atom. The Morgan fingerprint density at radius 2 is 1.88 bits per heavy atom. The van der Waals surface area contributed by atoms with Gasteiger partial charge in [-0.1, -0.05) is 0 Å². The Kier molecular flexibility index (Phi) is 1.99. The zero-order chi connectivity index (χ0) is 11.2. The molecule has 0 bridgehead atoms. The van der Waals surface area contributed by atoms with Crippen molar-refractivity contribution in [1.82, 2.24) is 10.6 Å². The summed E-state index contributed by atoms with van der Waals surface area (Å²) in [5, 5.41) is 4.99. The van der Waals surface area contributed by atoms with Crippen LogP contribution >= 0.6 is 0 Å². The second-order valence-electron chi connectivity index (χ2n) is 4.63. The van der Waals surface area contributed by atoms with Crippen LogP contribution in [0.5, 0.6) is 0 Å². The predicted molar refractivity (Wildman–Crippen MR) is 52.5 cm³/mol. The predicted octanol–water partition coefficient (Wildman–Crippen LogP) is -0.118. The third-order valence-corrected chi connectivity index (χ3v) is 3.56. The topological polar surface area (TPSA) is 76.7 Å². The molecule has 1 unspecified atom stereocenters. The molecule has 6 nitrogen and oxygen atoms in total. The number of carbonyl (C=O) groups excluding carboxylic acids is 2. The summed E-state index contributed by atoms with van der Waals surface area (Å²) in [5.74, 6) is -0.914. The lowest BCUT2D eigenvalue weighted by molar-refractivity contribution is -0.192. The van der Waals surface area contributed by atoms with Gasteiger partial charge in [0.15, 0.2) is 5.79 Å². The SMILES string of the molecule is O=C1NC(=O)C2(CCCC3(C2)OCCO3)N1. The number of nitrogens with one attached hydrogen (secondary N) is 2. The van der Waals surface area contributed by atoms with Crippen molar-refractivity contribution >= 4 is 11.9 Å². The second kappa shape index (κ2) is 3.18. The maximum atomic E-state index is 11.8. The minimum absolute atomic E-state index is 0.254. The molecule has 1 aliphatic carbocycles. The first-order chi connectivity index (χ1) is 7.64. The first-order valence-corrected chi connectivity index (χ1v) is 5.56. The normalized spacial score (nSPS) is 36.8. The lowest BCUT2D eigenvalue weighted by Gasteiger charge is -2.40. The highest BCUT2D eigenvalue weighted by molar-refractivity contribution is 6.07. The molecule has 3 rings (SSSR count). The van der Waals surface area contributed by atoms with E-state index in [-0.39, 0.29) is 5.91 Å². The molecule has 0 aromatic carbocycles. The Morgan fingerprint density at radius 1 is 1.12 bits per heavy atom. The van der Waals surface area contributed by atoms with Crippen molar-refractivity contribution < 1.29 is 19.1 Å². The minimum Gasteiger partial charge on any atom is -0.347 e. The van der Waals surface area contributed by atoms with E-state index in [1.807, 2.05) is 0 Å². The molecule has 6 heteroatoms. The van der Waals surface area contributed by atoms with Gasteiger partial charge in [0.05, 0.1) is 13.2 Å². The minimum atomic E-state index is -0.820. The zero-order valence-corrected chi connectivity index (χ0v) is 8.88. The van der Waals surface area contributed by atoms with Crippen LogP contribution in [0.2, 0.25) is 0 Å². The number of hydrogen-bond acceptors (Lipinski definition) is 4. The highest BCUT2D eigenvalue weighted by Gasteiger charge is 2.55. The van der Waals surface area contributed by atoms with Crippen molar-refractivity contribution in [2.75, 3.05) is 13.2 Å². The molecule has 0 radical (unpaired) electrons. The third kappa shape index (κ3) is 1.33. The van der Waals surface area contributed by atoms with E-state index in [1.165, 1.54) is 0 Å². The van der Waals surface area contributed by atoms with Gasteiger partial charge in [0.2, 0.25) is 0 Å². The molecule has 1 saturated carbocycles. The van der Waals surface area contributed by atoms with Gasteiger partial charge in [-0.3, -0.25) is 10.1 Å². The molecule has 88 valence electrons. The number of imide groups is 1. The highest BCUT2D eigenvalue weighted by Crippen LogP contribution is 2.41. The molecular weight excluding hydrogens is 212 g/mol. The number of ether oxygens (including phenoxy) is 2. The van der Waals surface area contributed by atoms with E-state index in [0.717, 1.165) is 12.8 Å². The van der Waals surface area contributed by atoms with Gasteiger partial charge in [0.1, 0.15) is 5.54 Å². The van der Waals surface area contributed by atoms with E-state index in [4.69, 9.17) is 9.47 Å². The Labute approximate surface area is 92.7 Å². The number of hydrogen-bond donors (Lipinski definition) is 2. The Bertz CT molecular complexity index is 351. The quantitative estimate of drug-likeness (QED) is 0.565. The highest BCUT2D eigenvalue weighted by atomic mass is 16.7. The number of urea groups is 1. The smallest absolute Gasteiger partial charge is 0.322 e. The van der Waals surface area contributed by atoms with Crippen molar-refractivity contribution in [1.29, 1.82) is 0 Å². The van der Waals surface area contributed by atoms with Crippen LogP contribution in [0.25, 0.3) is 0 Å².